The molecule has 1 aromatic carbocycles. The molecule has 17 heavy (non-hydrogen) atoms. The number of carbonyl (C=O) groups is 1. The normalized spacial score (nSPS) is 9.65. The molecule has 3 nitrogen and oxygen atoms in total. The first kappa shape index (κ1) is 13.6. The van der Waals surface area contributed by atoms with Gasteiger partial charge in [0.05, 0.1) is 13.1 Å². The molecule has 0 aliphatic heterocycles. The molecule has 2 N–H and O–H groups in total. The van der Waals surface area contributed by atoms with Crippen molar-refractivity contribution in [1.29, 1.82) is 0 Å². The molecule has 0 aliphatic rings. The lowest BCUT2D eigenvalue weighted by molar-refractivity contribution is -0.120. The van der Waals surface area contributed by atoms with E-state index in [4.69, 9.17) is 18.0 Å². The van der Waals surface area contributed by atoms with Gasteiger partial charge in [-0.1, -0.05) is 29.7 Å². The Kier molecular flexibility index (Phi) is 6.16. The monoisotopic (exact) mass is 250 g/mol. The fraction of sp³-hybridized carbons (Fsp3) is 0.308. The van der Waals surface area contributed by atoms with E-state index in [1.165, 1.54) is 0 Å². The quantitative estimate of drug-likeness (QED) is 0.589. The van der Waals surface area contributed by atoms with Crippen LogP contribution in [0.3, 0.4) is 0 Å². The van der Waals surface area contributed by atoms with Crippen molar-refractivity contribution in [3.05, 3.63) is 34.9 Å². The Hall–Kier alpha value is -1.50. The van der Waals surface area contributed by atoms with Gasteiger partial charge < -0.3 is 5.32 Å². The van der Waals surface area contributed by atoms with Gasteiger partial charge in [0.15, 0.2) is 0 Å². The van der Waals surface area contributed by atoms with Crippen LogP contribution in [0, 0.1) is 12.3 Å². The van der Waals surface area contributed by atoms with Crippen LogP contribution in [0.1, 0.15) is 5.56 Å². The number of hydrogen-bond donors (Lipinski definition) is 2. The van der Waals surface area contributed by atoms with E-state index in [-0.39, 0.29) is 12.5 Å². The van der Waals surface area contributed by atoms with Crippen LogP contribution in [0.5, 0.6) is 0 Å². The molecule has 0 saturated carbocycles. The Morgan fingerprint density at radius 1 is 1.35 bits per heavy atom. The predicted molar refractivity (Wildman–Crippen MR) is 69.9 cm³/mol. The van der Waals surface area contributed by atoms with Gasteiger partial charge >= 0.3 is 0 Å². The van der Waals surface area contributed by atoms with Crippen molar-refractivity contribution in [2.45, 2.75) is 6.42 Å². The number of carbonyl (C=O) groups excluding carboxylic acids is 1. The largest absolute Gasteiger partial charge is 0.355 e. The molecule has 0 spiro atoms. The minimum atomic E-state index is -0.0470. The number of halogens is 1. The van der Waals surface area contributed by atoms with Gasteiger partial charge in [-0.15, -0.1) is 6.42 Å². The van der Waals surface area contributed by atoms with E-state index in [2.05, 4.69) is 16.6 Å². The predicted octanol–water partition coefficient (Wildman–Crippen LogP) is 1.22. The second-order valence-corrected chi connectivity index (χ2v) is 3.97. The number of hydrogen-bond acceptors (Lipinski definition) is 2. The molecule has 0 aromatic heterocycles. The third-order valence-electron chi connectivity index (χ3n) is 2.16. The molecule has 0 fully saturated rings. The summed E-state index contributed by atoms with van der Waals surface area (Å²) in [6.07, 6.45) is 5.84. The molecular weight excluding hydrogens is 236 g/mol. The molecule has 1 rings (SSSR count). The Morgan fingerprint density at radius 2 is 2.06 bits per heavy atom. The summed E-state index contributed by atoms with van der Waals surface area (Å²) < 4.78 is 0. The summed E-state index contributed by atoms with van der Waals surface area (Å²) in [6, 6.07) is 7.58. The van der Waals surface area contributed by atoms with E-state index in [1.54, 1.807) is 0 Å². The van der Waals surface area contributed by atoms with Crippen molar-refractivity contribution in [3.63, 3.8) is 0 Å². The summed E-state index contributed by atoms with van der Waals surface area (Å²) in [5.74, 6) is 2.36. The third kappa shape index (κ3) is 5.96. The summed E-state index contributed by atoms with van der Waals surface area (Å²) in [4.78, 5) is 11.3. The summed E-state index contributed by atoms with van der Waals surface area (Å²) in [5, 5.41) is 6.35. The zero-order chi connectivity index (χ0) is 12.5. The van der Waals surface area contributed by atoms with Gasteiger partial charge in [-0.05, 0) is 24.1 Å². The standard InChI is InChI=1S/C13H15ClN2O/c1-2-8-15-10-13(17)16-9-7-11-3-5-12(14)6-4-11/h1,3-6,15H,7-10H2,(H,16,17). The van der Waals surface area contributed by atoms with Gasteiger partial charge in [-0.3, -0.25) is 10.1 Å². The van der Waals surface area contributed by atoms with Crippen LogP contribution in [0.15, 0.2) is 24.3 Å². The number of benzene rings is 1. The van der Waals surface area contributed by atoms with Gasteiger partial charge in [-0.2, -0.15) is 0 Å². The maximum Gasteiger partial charge on any atom is 0.233 e. The van der Waals surface area contributed by atoms with Crippen LogP contribution in [0.25, 0.3) is 0 Å². The van der Waals surface area contributed by atoms with Crippen molar-refractivity contribution in [1.82, 2.24) is 10.6 Å². The fourth-order valence-electron chi connectivity index (χ4n) is 1.31. The molecule has 0 heterocycles. The highest BCUT2D eigenvalue weighted by molar-refractivity contribution is 6.30. The van der Waals surface area contributed by atoms with Gasteiger partial charge in [0.1, 0.15) is 0 Å². The molecule has 0 aliphatic carbocycles. The zero-order valence-corrected chi connectivity index (χ0v) is 10.3. The topological polar surface area (TPSA) is 41.1 Å². The van der Waals surface area contributed by atoms with E-state index >= 15 is 0 Å². The molecule has 0 saturated heterocycles. The van der Waals surface area contributed by atoms with Crippen LogP contribution in [0.2, 0.25) is 5.02 Å². The average Bonchev–Trinajstić information content (AvgIpc) is 2.32. The smallest absolute Gasteiger partial charge is 0.233 e. The highest BCUT2D eigenvalue weighted by Gasteiger charge is 1.99. The molecule has 90 valence electrons. The molecule has 0 bridgehead atoms. The third-order valence-corrected chi connectivity index (χ3v) is 2.41. The molecule has 0 atom stereocenters. The SMILES string of the molecule is C#CCNCC(=O)NCCc1ccc(Cl)cc1. The van der Waals surface area contributed by atoms with E-state index in [0.717, 1.165) is 17.0 Å². The summed E-state index contributed by atoms with van der Waals surface area (Å²) >= 11 is 5.77. The highest BCUT2D eigenvalue weighted by atomic mass is 35.5. The van der Waals surface area contributed by atoms with Crippen LogP contribution in [-0.2, 0) is 11.2 Å². The number of amides is 1. The first-order valence-corrected chi connectivity index (χ1v) is 5.75. The maximum atomic E-state index is 11.3. The maximum absolute atomic E-state index is 11.3. The zero-order valence-electron chi connectivity index (χ0n) is 9.50. The fourth-order valence-corrected chi connectivity index (χ4v) is 1.43. The van der Waals surface area contributed by atoms with Crippen molar-refractivity contribution in [3.8, 4) is 12.3 Å². The first-order chi connectivity index (χ1) is 8.22. The van der Waals surface area contributed by atoms with Crippen molar-refractivity contribution >= 4 is 17.5 Å². The van der Waals surface area contributed by atoms with Crippen molar-refractivity contribution in [2.24, 2.45) is 0 Å². The van der Waals surface area contributed by atoms with E-state index in [1.807, 2.05) is 24.3 Å². The van der Waals surface area contributed by atoms with Gasteiger partial charge in [0.25, 0.3) is 0 Å². The van der Waals surface area contributed by atoms with Gasteiger partial charge in [0, 0.05) is 11.6 Å². The number of rotatable bonds is 6. The van der Waals surface area contributed by atoms with Crippen LogP contribution in [0.4, 0.5) is 0 Å². The molecule has 1 amide bonds. The lowest BCUT2D eigenvalue weighted by Gasteiger charge is -2.05. The lowest BCUT2D eigenvalue weighted by Crippen LogP contribution is -2.35. The first-order valence-electron chi connectivity index (χ1n) is 5.37. The Labute approximate surface area is 107 Å². The van der Waals surface area contributed by atoms with Crippen LogP contribution >= 0.6 is 11.6 Å². The summed E-state index contributed by atoms with van der Waals surface area (Å²) in [7, 11) is 0. The molecule has 0 unspecified atom stereocenters. The minimum Gasteiger partial charge on any atom is -0.355 e. The minimum absolute atomic E-state index is 0.0470. The van der Waals surface area contributed by atoms with Crippen LogP contribution in [-0.4, -0.2) is 25.5 Å². The highest BCUT2D eigenvalue weighted by Crippen LogP contribution is 2.09. The molecule has 1 aromatic rings. The Balaban J connectivity index is 2.17. The van der Waals surface area contributed by atoms with Gasteiger partial charge in [-0.25, -0.2) is 0 Å². The van der Waals surface area contributed by atoms with Crippen LogP contribution < -0.4 is 10.6 Å². The lowest BCUT2D eigenvalue weighted by atomic mass is 10.1. The second kappa shape index (κ2) is 7.72. The number of terminal acetylenes is 1. The van der Waals surface area contributed by atoms with E-state index in [9.17, 15) is 4.79 Å². The summed E-state index contributed by atoms with van der Waals surface area (Å²) in [6.45, 7) is 1.27. The van der Waals surface area contributed by atoms with Gasteiger partial charge in [0.2, 0.25) is 5.91 Å². The molecular formula is C13H15ClN2O. The van der Waals surface area contributed by atoms with Crippen molar-refractivity contribution in [2.75, 3.05) is 19.6 Å². The van der Waals surface area contributed by atoms with E-state index < -0.39 is 0 Å². The van der Waals surface area contributed by atoms with E-state index in [0.29, 0.717) is 13.1 Å². The molecule has 0 radical (unpaired) electrons. The Morgan fingerprint density at radius 3 is 2.71 bits per heavy atom. The van der Waals surface area contributed by atoms with Crippen molar-refractivity contribution < 1.29 is 4.79 Å². The molecule has 4 heteroatoms. The second-order valence-electron chi connectivity index (χ2n) is 3.53. The average molecular weight is 251 g/mol. The number of nitrogens with one attached hydrogen (secondary N) is 2. The summed E-state index contributed by atoms with van der Waals surface area (Å²) in [5.41, 5.74) is 1.14. The Bertz CT molecular complexity index is 395.